The van der Waals surface area contributed by atoms with E-state index in [1.54, 1.807) is 0 Å². The Morgan fingerprint density at radius 1 is 0.667 bits per heavy atom. The molecule has 4 atom stereocenters. The van der Waals surface area contributed by atoms with Gasteiger partial charge in [-0.1, -0.05) is 104 Å². The second-order valence-electron chi connectivity index (χ2n) is 12.2. The molecule has 0 aromatic rings. The molecule has 2 saturated carbocycles. The standard InChI is InChI=1S/C31H56O2/c1-6-8-10-12-14-16-18-20-22-25-31(33)29(5)26-23-27(28(29,3)4)30(31,32)24-21-19-17-15-13-11-9-7-2/h6-7,27,32-33H,1-2,8-26H2,3-5H3. The summed E-state index contributed by atoms with van der Waals surface area (Å²) in [6, 6.07) is 0. The maximum absolute atomic E-state index is 12.2. The maximum Gasteiger partial charge on any atom is 0.0994 e. The van der Waals surface area contributed by atoms with Gasteiger partial charge in [-0.3, -0.25) is 0 Å². The normalized spacial score (nSPS) is 32.3. The molecule has 0 spiro atoms. The first-order valence-electron chi connectivity index (χ1n) is 14.4. The molecule has 0 amide bonds. The zero-order valence-electron chi connectivity index (χ0n) is 22.5. The van der Waals surface area contributed by atoms with Crippen LogP contribution in [-0.4, -0.2) is 21.4 Å². The van der Waals surface area contributed by atoms with Crippen molar-refractivity contribution in [2.24, 2.45) is 16.7 Å². The SMILES string of the molecule is C=CCCCCCCCCCC1(O)C(O)(CCCCCCCCC=C)C2CCC1(C)C2(C)C. The van der Waals surface area contributed by atoms with Crippen LogP contribution in [0.25, 0.3) is 0 Å². The first-order chi connectivity index (χ1) is 15.7. The second-order valence-corrected chi connectivity index (χ2v) is 12.2. The van der Waals surface area contributed by atoms with Crippen molar-refractivity contribution in [1.29, 1.82) is 0 Å². The Morgan fingerprint density at radius 3 is 1.58 bits per heavy atom. The maximum atomic E-state index is 12.2. The van der Waals surface area contributed by atoms with Gasteiger partial charge in [-0.05, 0) is 62.7 Å². The van der Waals surface area contributed by atoms with E-state index in [1.165, 1.54) is 70.6 Å². The molecule has 0 aromatic heterocycles. The number of unbranched alkanes of at least 4 members (excludes halogenated alkanes) is 13. The van der Waals surface area contributed by atoms with E-state index < -0.39 is 11.2 Å². The molecule has 2 heteroatoms. The molecule has 2 nitrogen and oxygen atoms in total. The van der Waals surface area contributed by atoms with Crippen LogP contribution in [0.4, 0.5) is 0 Å². The Bertz CT molecular complexity index is 596. The lowest BCUT2D eigenvalue weighted by atomic mass is 9.59. The highest BCUT2D eigenvalue weighted by Gasteiger charge is 2.78. The molecular weight excluding hydrogens is 404 g/mol. The molecule has 2 N–H and O–H groups in total. The van der Waals surface area contributed by atoms with E-state index in [2.05, 4.69) is 33.9 Å². The van der Waals surface area contributed by atoms with E-state index in [0.717, 1.165) is 51.4 Å². The average Bonchev–Trinajstić information content (AvgIpc) is 3.07. The number of hydrogen-bond acceptors (Lipinski definition) is 2. The van der Waals surface area contributed by atoms with Crippen LogP contribution >= 0.6 is 0 Å². The summed E-state index contributed by atoms with van der Waals surface area (Å²) < 4.78 is 0. The summed E-state index contributed by atoms with van der Waals surface area (Å²) in [6.45, 7) is 14.5. The zero-order chi connectivity index (χ0) is 24.4. The van der Waals surface area contributed by atoms with Crippen molar-refractivity contribution < 1.29 is 10.2 Å². The van der Waals surface area contributed by atoms with Crippen LogP contribution in [0.15, 0.2) is 25.3 Å². The fraction of sp³-hybridized carbons (Fsp3) is 0.871. The molecule has 0 aliphatic heterocycles. The highest BCUT2D eigenvalue weighted by atomic mass is 16.4. The monoisotopic (exact) mass is 460 g/mol. The molecule has 33 heavy (non-hydrogen) atoms. The minimum Gasteiger partial charge on any atom is -0.387 e. The van der Waals surface area contributed by atoms with Gasteiger partial charge in [-0.15, -0.1) is 13.2 Å². The summed E-state index contributed by atoms with van der Waals surface area (Å²) in [4.78, 5) is 0. The lowest BCUT2D eigenvalue weighted by Gasteiger charge is -2.52. The number of rotatable bonds is 19. The smallest absolute Gasteiger partial charge is 0.0994 e. The van der Waals surface area contributed by atoms with Gasteiger partial charge in [0.1, 0.15) is 0 Å². The van der Waals surface area contributed by atoms with Crippen molar-refractivity contribution in [3.8, 4) is 0 Å². The molecule has 192 valence electrons. The third kappa shape index (κ3) is 5.97. The summed E-state index contributed by atoms with van der Waals surface area (Å²) in [5.74, 6) is 0.220. The van der Waals surface area contributed by atoms with E-state index in [-0.39, 0.29) is 16.7 Å². The van der Waals surface area contributed by atoms with Gasteiger partial charge >= 0.3 is 0 Å². The van der Waals surface area contributed by atoms with Crippen LogP contribution in [0, 0.1) is 16.7 Å². The van der Waals surface area contributed by atoms with Gasteiger partial charge in [0.25, 0.3) is 0 Å². The zero-order valence-corrected chi connectivity index (χ0v) is 22.5. The first kappa shape index (κ1) is 28.6. The lowest BCUT2D eigenvalue weighted by molar-refractivity contribution is -0.214. The molecule has 0 heterocycles. The number of aliphatic hydroxyl groups is 2. The average molecular weight is 461 g/mol. The summed E-state index contributed by atoms with van der Waals surface area (Å²) >= 11 is 0. The molecule has 4 unspecified atom stereocenters. The molecule has 2 fully saturated rings. The predicted octanol–water partition coefficient (Wildman–Crippen LogP) is 8.91. The van der Waals surface area contributed by atoms with Gasteiger partial charge in [0.15, 0.2) is 0 Å². The van der Waals surface area contributed by atoms with Crippen LogP contribution < -0.4 is 0 Å². The van der Waals surface area contributed by atoms with Crippen molar-refractivity contribution in [2.45, 2.75) is 154 Å². The van der Waals surface area contributed by atoms with Gasteiger partial charge in [0.05, 0.1) is 11.2 Å². The van der Waals surface area contributed by atoms with Gasteiger partial charge in [0.2, 0.25) is 0 Å². The number of fused-ring (bicyclic) bond motifs is 2. The minimum atomic E-state index is -0.944. The van der Waals surface area contributed by atoms with E-state index in [0.29, 0.717) is 0 Å². The number of hydrogen-bond donors (Lipinski definition) is 2. The van der Waals surface area contributed by atoms with Crippen molar-refractivity contribution in [3.63, 3.8) is 0 Å². The fourth-order valence-electron chi connectivity index (χ4n) is 7.66. The fourth-order valence-corrected chi connectivity index (χ4v) is 7.66. The van der Waals surface area contributed by atoms with Crippen molar-refractivity contribution >= 4 is 0 Å². The van der Waals surface area contributed by atoms with E-state index in [9.17, 15) is 10.2 Å². The Hall–Kier alpha value is -0.600. The van der Waals surface area contributed by atoms with Crippen LogP contribution in [-0.2, 0) is 0 Å². The Kier molecular flexibility index (Phi) is 11.2. The van der Waals surface area contributed by atoms with Crippen molar-refractivity contribution in [1.82, 2.24) is 0 Å². The Labute approximate surface area is 206 Å². The predicted molar refractivity (Wildman–Crippen MR) is 143 cm³/mol. The highest BCUT2D eigenvalue weighted by molar-refractivity contribution is 5.28. The molecule has 0 aromatic carbocycles. The molecule has 0 saturated heterocycles. The van der Waals surface area contributed by atoms with E-state index in [4.69, 9.17) is 0 Å². The third-order valence-electron chi connectivity index (χ3n) is 10.1. The number of allylic oxidation sites excluding steroid dienone is 2. The topological polar surface area (TPSA) is 40.5 Å². The molecule has 2 rings (SSSR count). The third-order valence-corrected chi connectivity index (χ3v) is 10.1. The van der Waals surface area contributed by atoms with E-state index in [1.807, 2.05) is 12.2 Å². The van der Waals surface area contributed by atoms with Gasteiger partial charge < -0.3 is 10.2 Å². The van der Waals surface area contributed by atoms with Crippen LogP contribution in [0.5, 0.6) is 0 Å². The van der Waals surface area contributed by atoms with E-state index >= 15 is 0 Å². The lowest BCUT2D eigenvalue weighted by Crippen LogP contribution is -2.61. The van der Waals surface area contributed by atoms with Gasteiger partial charge in [0, 0.05) is 5.41 Å². The van der Waals surface area contributed by atoms with Crippen molar-refractivity contribution in [3.05, 3.63) is 25.3 Å². The summed E-state index contributed by atoms with van der Waals surface area (Å²) in [6.07, 6.45) is 25.8. The molecule has 2 bridgehead atoms. The largest absolute Gasteiger partial charge is 0.387 e. The van der Waals surface area contributed by atoms with Crippen LogP contribution in [0.1, 0.15) is 143 Å². The van der Waals surface area contributed by atoms with Crippen molar-refractivity contribution in [2.75, 3.05) is 0 Å². The highest BCUT2D eigenvalue weighted by Crippen LogP contribution is 2.75. The molecular formula is C31H56O2. The minimum absolute atomic E-state index is 0.00760. The second kappa shape index (κ2) is 12.9. The van der Waals surface area contributed by atoms with Gasteiger partial charge in [-0.2, -0.15) is 0 Å². The Morgan fingerprint density at radius 2 is 1.09 bits per heavy atom. The van der Waals surface area contributed by atoms with Crippen LogP contribution in [0.3, 0.4) is 0 Å². The summed E-state index contributed by atoms with van der Waals surface area (Å²) in [5.41, 5.74) is -2.06. The van der Waals surface area contributed by atoms with Crippen LogP contribution in [0.2, 0.25) is 0 Å². The molecule has 2 aliphatic carbocycles. The first-order valence-corrected chi connectivity index (χ1v) is 14.4. The molecule has 0 radical (unpaired) electrons. The summed E-state index contributed by atoms with van der Waals surface area (Å²) in [7, 11) is 0. The molecule has 2 aliphatic rings. The van der Waals surface area contributed by atoms with Gasteiger partial charge in [-0.25, -0.2) is 0 Å². The summed E-state index contributed by atoms with van der Waals surface area (Å²) in [5, 5.41) is 24.4. The Balaban J connectivity index is 1.87. The quantitative estimate of drug-likeness (QED) is 0.149.